The second-order valence-electron chi connectivity index (χ2n) is 6.34. The number of amides is 1. The van der Waals surface area contributed by atoms with Crippen LogP contribution in [0.3, 0.4) is 0 Å². The average molecular weight is 274 g/mol. The van der Waals surface area contributed by atoms with Crippen LogP contribution in [0.2, 0.25) is 0 Å². The molecule has 2 aliphatic rings. The maximum atomic E-state index is 12.4. The maximum absolute atomic E-state index is 12.4. The molecule has 2 fully saturated rings. The molecule has 1 aromatic rings. The highest BCUT2D eigenvalue weighted by Crippen LogP contribution is 2.47. The van der Waals surface area contributed by atoms with Gasteiger partial charge in [0.15, 0.2) is 0 Å². The molecule has 2 aliphatic carbocycles. The van der Waals surface area contributed by atoms with Crippen LogP contribution in [-0.2, 0) is 0 Å². The summed E-state index contributed by atoms with van der Waals surface area (Å²) in [6.45, 7) is 1.85. The largest absolute Gasteiger partial charge is 0.345 e. The quantitative estimate of drug-likeness (QED) is 0.878. The molecular weight excluding hydrogens is 252 g/mol. The smallest absolute Gasteiger partial charge is 0.271 e. The number of carbonyl (C=O) groups is 1. The average Bonchev–Trinajstić information content (AvgIpc) is 2.70. The topological polar surface area (TPSA) is 66.9 Å². The lowest BCUT2D eigenvalue weighted by Gasteiger charge is -2.39. The second kappa shape index (κ2) is 4.81. The molecule has 1 aromatic heterocycles. The van der Waals surface area contributed by atoms with Crippen LogP contribution in [0.4, 0.5) is 0 Å². The molecule has 2 atom stereocenters. The summed E-state index contributed by atoms with van der Waals surface area (Å²) in [4.78, 5) is 20.7. The molecule has 108 valence electrons. The fraction of sp³-hybridized carbons (Fsp3) is 0.667. The molecule has 2 N–H and O–H groups in total. The van der Waals surface area contributed by atoms with E-state index in [1.165, 1.54) is 12.8 Å². The summed E-state index contributed by atoms with van der Waals surface area (Å²) in [6, 6.07) is 0. The van der Waals surface area contributed by atoms with Crippen molar-refractivity contribution < 1.29 is 4.79 Å². The third kappa shape index (κ3) is 2.30. The summed E-state index contributed by atoms with van der Waals surface area (Å²) in [6.07, 6.45) is 9.89. The lowest BCUT2D eigenvalue weighted by atomic mass is 9.78. The van der Waals surface area contributed by atoms with Crippen LogP contribution < -0.4 is 10.6 Å². The molecule has 0 saturated heterocycles. The van der Waals surface area contributed by atoms with E-state index in [9.17, 15) is 4.79 Å². The van der Waals surface area contributed by atoms with Gasteiger partial charge in [-0.2, -0.15) is 0 Å². The van der Waals surface area contributed by atoms with Crippen LogP contribution in [-0.4, -0.2) is 34.0 Å². The monoisotopic (exact) mass is 274 g/mol. The molecular formula is C15H22N4O. The second-order valence-corrected chi connectivity index (χ2v) is 6.34. The Morgan fingerprint density at radius 3 is 2.70 bits per heavy atom. The van der Waals surface area contributed by atoms with Gasteiger partial charge in [0.25, 0.3) is 5.91 Å². The number of hydrogen-bond acceptors (Lipinski definition) is 4. The van der Waals surface area contributed by atoms with Crippen LogP contribution in [0.5, 0.6) is 0 Å². The molecule has 3 rings (SSSR count). The van der Waals surface area contributed by atoms with Gasteiger partial charge in [-0.25, -0.2) is 4.98 Å². The molecule has 1 amide bonds. The van der Waals surface area contributed by atoms with Gasteiger partial charge in [0.2, 0.25) is 0 Å². The van der Waals surface area contributed by atoms with E-state index in [4.69, 9.17) is 0 Å². The van der Waals surface area contributed by atoms with Gasteiger partial charge >= 0.3 is 0 Å². The van der Waals surface area contributed by atoms with Gasteiger partial charge in [-0.1, -0.05) is 0 Å². The van der Waals surface area contributed by atoms with Gasteiger partial charge in [0.1, 0.15) is 5.69 Å². The zero-order valence-electron chi connectivity index (χ0n) is 12.2. The van der Waals surface area contributed by atoms with Crippen LogP contribution in [0.25, 0.3) is 0 Å². The molecule has 2 saturated carbocycles. The molecule has 0 aromatic carbocycles. The fourth-order valence-electron chi connectivity index (χ4n) is 3.88. The number of nitrogens with zero attached hydrogens (tertiary/aromatic N) is 2. The van der Waals surface area contributed by atoms with Crippen LogP contribution in [0, 0.1) is 6.92 Å². The van der Waals surface area contributed by atoms with Gasteiger partial charge in [-0.05, 0) is 52.5 Å². The van der Waals surface area contributed by atoms with E-state index in [-0.39, 0.29) is 17.0 Å². The first-order valence-electron chi connectivity index (χ1n) is 7.37. The molecule has 5 heteroatoms. The van der Waals surface area contributed by atoms with Crippen LogP contribution in [0.15, 0.2) is 12.4 Å². The lowest BCUT2D eigenvalue weighted by molar-refractivity contribution is 0.0865. The van der Waals surface area contributed by atoms with Crippen molar-refractivity contribution in [3.05, 3.63) is 23.8 Å². The zero-order chi connectivity index (χ0) is 14.2. The summed E-state index contributed by atoms with van der Waals surface area (Å²) in [5.74, 6) is -0.0880. The molecule has 5 nitrogen and oxygen atoms in total. The van der Waals surface area contributed by atoms with Gasteiger partial charge in [-0.3, -0.25) is 9.78 Å². The van der Waals surface area contributed by atoms with Gasteiger partial charge in [0, 0.05) is 17.3 Å². The van der Waals surface area contributed by atoms with E-state index in [0.29, 0.717) is 5.69 Å². The van der Waals surface area contributed by atoms with E-state index in [0.717, 1.165) is 31.4 Å². The molecule has 20 heavy (non-hydrogen) atoms. The predicted octanol–water partition coefficient (Wildman–Crippen LogP) is 1.58. The van der Waals surface area contributed by atoms with E-state index < -0.39 is 0 Å². The fourth-order valence-corrected chi connectivity index (χ4v) is 3.88. The Kier molecular flexibility index (Phi) is 3.24. The summed E-state index contributed by atoms with van der Waals surface area (Å²) in [5, 5.41) is 6.72. The molecule has 0 spiro atoms. The van der Waals surface area contributed by atoms with Gasteiger partial charge in [-0.15, -0.1) is 0 Å². The first-order valence-corrected chi connectivity index (χ1v) is 7.37. The SMILES string of the molecule is CNC12CCCC(NC(=O)c3cncc(C)n3)(CC1)C2. The minimum Gasteiger partial charge on any atom is -0.345 e. The highest BCUT2D eigenvalue weighted by Gasteiger charge is 2.50. The van der Waals surface area contributed by atoms with Crippen molar-refractivity contribution in [1.29, 1.82) is 0 Å². The minimum atomic E-state index is -0.0880. The minimum absolute atomic E-state index is 0.0518. The Morgan fingerprint density at radius 1 is 1.20 bits per heavy atom. The van der Waals surface area contributed by atoms with Crippen LogP contribution >= 0.6 is 0 Å². The molecule has 0 aliphatic heterocycles. The Balaban J connectivity index is 1.76. The Morgan fingerprint density at radius 2 is 1.95 bits per heavy atom. The third-order valence-electron chi connectivity index (χ3n) is 4.97. The highest BCUT2D eigenvalue weighted by atomic mass is 16.2. The van der Waals surface area contributed by atoms with E-state index in [1.54, 1.807) is 12.4 Å². The Labute approximate surface area is 119 Å². The number of hydrogen-bond donors (Lipinski definition) is 2. The first kappa shape index (κ1) is 13.5. The van der Waals surface area contributed by atoms with E-state index in [1.807, 2.05) is 14.0 Å². The number of aryl methyl sites for hydroxylation is 1. The number of rotatable bonds is 3. The Bertz CT molecular complexity index is 532. The zero-order valence-corrected chi connectivity index (χ0v) is 12.2. The predicted molar refractivity (Wildman–Crippen MR) is 76.5 cm³/mol. The summed E-state index contributed by atoms with van der Waals surface area (Å²) < 4.78 is 0. The number of aromatic nitrogens is 2. The van der Waals surface area contributed by atoms with Crippen LogP contribution in [0.1, 0.15) is 54.7 Å². The van der Waals surface area contributed by atoms with Crippen molar-refractivity contribution in [3.8, 4) is 0 Å². The maximum Gasteiger partial charge on any atom is 0.271 e. The Hall–Kier alpha value is -1.49. The number of fused-ring (bicyclic) bond motifs is 2. The number of carbonyl (C=O) groups excluding carboxylic acids is 1. The molecule has 2 bridgehead atoms. The van der Waals surface area contributed by atoms with Gasteiger partial charge < -0.3 is 10.6 Å². The van der Waals surface area contributed by atoms with Crippen molar-refractivity contribution in [3.63, 3.8) is 0 Å². The van der Waals surface area contributed by atoms with E-state index in [2.05, 4.69) is 20.6 Å². The third-order valence-corrected chi connectivity index (χ3v) is 4.97. The van der Waals surface area contributed by atoms with Gasteiger partial charge in [0.05, 0.1) is 11.9 Å². The summed E-state index contributed by atoms with van der Waals surface area (Å²) >= 11 is 0. The molecule has 1 heterocycles. The highest BCUT2D eigenvalue weighted by molar-refractivity contribution is 5.92. The van der Waals surface area contributed by atoms with Crippen molar-refractivity contribution in [2.75, 3.05) is 7.05 Å². The molecule has 0 radical (unpaired) electrons. The molecule has 2 unspecified atom stereocenters. The van der Waals surface area contributed by atoms with Crippen molar-refractivity contribution in [2.24, 2.45) is 0 Å². The first-order chi connectivity index (χ1) is 9.56. The van der Waals surface area contributed by atoms with Crippen molar-refractivity contribution >= 4 is 5.91 Å². The van der Waals surface area contributed by atoms with Crippen molar-refractivity contribution in [1.82, 2.24) is 20.6 Å². The number of nitrogens with one attached hydrogen (secondary N) is 2. The van der Waals surface area contributed by atoms with E-state index >= 15 is 0 Å². The standard InChI is InChI=1S/C15H22N4O/c1-11-8-17-9-12(18-11)13(20)19-15-5-3-4-14(10-15,16-2)6-7-15/h8-9,16H,3-7,10H2,1-2H3,(H,19,20). The normalized spacial score (nSPS) is 32.1. The lowest BCUT2D eigenvalue weighted by Crippen LogP contribution is -2.53. The summed E-state index contributed by atoms with van der Waals surface area (Å²) in [5.41, 5.74) is 1.37. The summed E-state index contributed by atoms with van der Waals surface area (Å²) in [7, 11) is 2.04. The van der Waals surface area contributed by atoms with Crippen molar-refractivity contribution in [2.45, 2.75) is 56.5 Å².